The second kappa shape index (κ2) is 8.10. The van der Waals surface area contributed by atoms with Crippen molar-refractivity contribution in [3.8, 4) is 0 Å². The van der Waals surface area contributed by atoms with E-state index in [-0.39, 0.29) is 18.1 Å². The van der Waals surface area contributed by atoms with Crippen LogP contribution in [0.3, 0.4) is 0 Å². The first-order valence-electron chi connectivity index (χ1n) is 8.71. The third-order valence-electron chi connectivity index (χ3n) is 4.39. The van der Waals surface area contributed by atoms with Crippen LogP contribution in [-0.4, -0.2) is 60.4 Å². The molecule has 1 aromatic rings. The number of benzene rings is 1. The first kappa shape index (κ1) is 18.9. The molecule has 2 rings (SSSR count). The highest BCUT2D eigenvalue weighted by Gasteiger charge is 2.32. The Morgan fingerprint density at radius 3 is 2.58 bits per heavy atom. The van der Waals surface area contributed by atoms with Crippen LogP contribution in [0.25, 0.3) is 0 Å². The predicted octanol–water partition coefficient (Wildman–Crippen LogP) is 1.84. The second-order valence-electron chi connectivity index (χ2n) is 7.30. The normalized spacial score (nSPS) is 21.9. The Morgan fingerprint density at radius 1 is 1.33 bits per heavy atom. The van der Waals surface area contributed by atoms with E-state index in [9.17, 15) is 9.90 Å². The first-order chi connectivity index (χ1) is 11.3. The molecule has 0 radical (unpaired) electrons. The van der Waals surface area contributed by atoms with E-state index in [0.717, 1.165) is 25.1 Å². The monoisotopic (exact) mass is 334 g/mol. The fourth-order valence-corrected chi connectivity index (χ4v) is 3.01. The van der Waals surface area contributed by atoms with Gasteiger partial charge in [0.05, 0.1) is 17.7 Å². The number of hydrogen-bond acceptors (Lipinski definition) is 4. The van der Waals surface area contributed by atoms with Crippen LogP contribution in [0.4, 0.5) is 0 Å². The summed E-state index contributed by atoms with van der Waals surface area (Å²) in [7, 11) is 2.04. The lowest BCUT2D eigenvalue weighted by atomic mass is 9.98. The Morgan fingerprint density at radius 2 is 2.00 bits per heavy atom. The molecule has 0 aliphatic carbocycles. The Kier molecular flexibility index (Phi) is 6.38. The lowest BCUT2D eigenvalue weighted by Gasteiger charge is -2.20. The molecule has 0 saturated carbocycles. The van der Waals surface area contributed by atoms with Gasteiger partial charge in [0.2, 0.25) is 0 Å². The maximum Gasteiger partial charge on any atom is 0.251 e. The van der Waals surface area contributed by atoms with Gasteiger partial charge in [-0.2, -0.15) is 0 Å². The summed E-state index contributed by atoms with van der Waals surface area (Å²) in [4.78, 5) is 14.6. The van der Waals surface area contributed by atoms with E-state index in [4.69, 9.17) is 4.74 Å². The van der Waals surface area contributed by atoms with E-state index in [2.05, 4.69) is 10.2 Å². The SMILES string of the molecule is CCO[C@@H]1CN(C)C[C@H]1NC(=O)c1ccc(CCC(C)(C)O)cc1. The highest BCUT2D eigenvalue weighted by atomic mass is 16.5. The number of amides is 1. The topological polar surface area (TPSA) is 61.8 Å². The van der Waals surface area contributed by atoms with Crippen LogP contribution >= 0.6 is 0 Å². The number of likely N-dealkylation sites (N-methyl/N-ethyl adjacent to an activating group) is 1. The average molecular weight is 334 g/mol. The van der Waals surface area contributed by atoms with E-state index in [1.165, 1.54) is 0 Å². The molecule has 1 heterocycles. The minimum absolute atomic E-state index is 0.0253. The minimum Gasteiger partial charge on any atom is -0.390 e. The lowest BCUT2D eigenvalue weighted by Crippen LogP contribution is -2.43. The van der Waals surface area contributed by atoms with E-state index >= 15 is 0 Å². The summed E-state index contributed by atoms with van der Waals surface area (Å²) in [5, 5.41) is 12.9. The molecule has 0 bridgehead atoms. The molecule has 0 aromatic heterocycles. The molecule has 5 nitrogen and oxygen atoms in total. The number of aryl methyl sites for hydroxylation is 1. The zero-order chi connectivity index (χ0) is 17.7. The summed E-state index contributed by atoms with van der Waals surface area (Å²) in [6, 6.07) is 7.65. The van der Waals surface area contributed by atoms with Gasteiger partial charge in [0, 0.05) is 25.3 Å². The molecule has 1 aromatic carbocycles. The van der Waals surface area contributed by atoms with Crippen molar-refractivity contribution < 1.29 is 14.6 Å². The van der Waals surface area contributed by atoms with Crippen LogP contribution in [0, 0.1) is 0 Å². The highest BCUT2D eigenvalue weighted by molar-refractivity contribution is 5.94. The van der Waals surface area contributed by atoms with Crippen molar-refractivity contribution in [3.05, 3.63) is 35.4 Å². The number of ether oxygens (including phenoxy) is 1. The van der Waals surface area contributed by atoms with Gasteiger partial charge in [-0.05, 0) is 58.4 Å². The van der Waals surface area contributed by atoms with Crippen LogP contribution in [0.2, 0.25) is 0 Å². The van der Waals surface area contributed by atoms with Crippen molar-refractivity contribution in [1.82, 2.24) is 10.2 Å². The second-order valence-corrected chi connectivity index (χ2v) is 7.30. The maximum absolute atomic E-state index is 12.5. The molecule has 1 aliphatic heterocycles. The van der Waals surface area contributed by atoms with Gasteiger partial charge in [0.1, 0.15) is 0 Å². The number of carbonyl (C=O) groups is 1. The number of nitrogens with zero attached hydrogens (tertiary/aromatic N) is 1. The van der Waals surface area contributed by atoms with Crippen LogP contribution in [0.5, 0.6) is 0 Å². The van der Waals surface area contributed by atoms with Crippen molar-refractivity contribution in [1.29, 1.82) is 0 Å². The summed E-state index contributed by atoms with van der Waals surface area (Å²) in [6.07, 6.45) is 1.55. The number of nitrogens with one attached hydrogen (secondary N) is 1. The third-order valence-corrected chi connectivity index (χ3v) is 4.39. The van der Waals surface area contributed by atoms with Gasteiger partial charge in [-0.3, -0.25) is 4.79 Å². The summed E-state index contributed by atoms with van der Waals surface area (Å²) in [5.41, 5.74) is 1.12. The summed E-state index contributed by atoms with van der Waals surface area (Å²) in [5.74, 6) is -0.0611. The molecule has 0 unspecified atom stereocenters. The van der Waals surface area contributed by atoms with Gasteiger partial charge >= 0.3 is 0 Å². The smallest absolute Gasteiger partial charge is 0.251 e. The third kappa shape index (κ3) is 5.58. The predicted molar refractivity (Wildman–Crippen MR) is 95.2 cm³/mol. The van der Waals surface area contributed by atoms with Crippen molar-refractivity contribution in [2.45, 2.75) is 51.4 Å². The van der Waals surface area contributed by atoms with Crippen LogP contribution < -0.4 is 5.32 Å². The fraction of sp³-hybridized carbons (Fsp3) is 0.632. The lowest BCUT2D eigenvalue weighted by molar-refractivity contribution is 0.0513. The molecule has 134 valence electrons. The van der Waals surface area contributed by atoms with Crippen molar-refractivity contribution in [2.75, 3.05) is 26.7 Å². The molecule has 2 atom stereocenters. The Labute approximate surface area is 145 Å². The first-order valence-corrected chi connectivity index (χ1v) is 8.71. The van der Waals surface area contributed by atoms with Crippen LogP contribution in [-0.2, 0) is 11.2 Å². The molecular weight excluding hydrogens is 304 g/mol. The van der Waals surface area contributed by atoms with Gasteiger partial charge in [0.15, 0.2) is 0 Å². The number of rotatable bonds is 7. The zero-order valence-corrected chi connectivity index (χ0v) is 15.2. The average Bonchev–Trinajstić information content (AvgIpc) is 2.85. The molecule has 24 heavy (non-hydrogen) atoms. The largest absolute Gasteiger partial charge is 0.390 e. The van der Waals surface area contributed by atoms with Crippen molar-refractivity contribution >= 4 is 5.91 Å². The molecular formula is C19H30N2O3. The maximum atomic E-state index is 12.5. The Bertz CT molecular complexity index is 537. The molecule has 1 fully saturated rings. The van der Waals surface area contributed by atoms with Gasteiger partial charge in [-0.1, -0.05) is 12.1 Å². The molecule has 1 saturated heterocycles. The van der Waals surface area contributed by atoms with E-state index in [0.29, 0.717) is 18.6 Å². The fourth-order valence-electron chi connectivity index (χ4n) is 3.01. The quantitative estimate of drug-likeness (QED) is 0.799. The van der Waals surface area contributed by atoms with E-state index in [1.807, 2.05) is 52.1 Å². The number of hydrogen-bond donors (Lipinski definition) is 2. The number of likely N-dealkylation sites (tertiary alicyclic amines) is 1. The number of carbonyl (C=O) groups excluding carboxylic acids is 1. The molecule has 1 amide bonds. The number of aliphatic hydroxyl groups is 1. The van der Waals surface area contributed by atoms with Crippen LogP contribution in [0.15, 0.2) is 24.3 Å². The Hall–Kier alpha value is -1.43. The van der Waals surface area contributed by atoms with Gasteiger partial charge < -0.3 is 20.1 Å². The van der Waals surface area contributed by atoms with Gasteiger partial charge in [-0.15, -0.1) is 0 Å². The van der Waals surface area contributed by atoms with E-state index < -0.39 is 5.60 Å². The summed E-state index contributed by atoms with van der Waals surface area (Å²) < 4.78 is 5.73. The molecule has 2 N–H and O–H groups in total. The minimum atomic E-state index is -0.668. The summed E-state index contributed by atoms with van der Waals surface area (Å²) in [6.45, 7) is 7.89. The van der Waals surface area contributed by atoms with E-state index in [1.54, 1.807) is 0 Å². The summed E-state index contributed by atoms with van der Waals surface area (Å²) >= 11 is 0. The van der Waals surface area contributed by atoms with Gasteiger partial charge in [0.25, 0.3) is 5.91 Å². The standard InChI is InChI=1S/C19H30N2O3/c1-5-24-17-13-21(4)12-16(17)20-18(22)15-8-6-14(7-9-15)10-11-19(2,3)23/h6-9,16-17,23H,5,10-13H2,1-4H3,(H,20,22)/t16-,17-/m1/s1. The van der Waals surface area contributed by atoms with Crippen molar-refractivity contribution in [2.24, 2.45) is 0 Å². The Balaban J connectivity index is 1.92. The van der Waals surface area contributed by atoms with Crippen LogP contribution in [0.1, 0.15) is 43.1 Å². The molecule has 0 spiro atoms. The highest BCUT2D eigenvalue weighted by Crippen LogP contribution is 2.15. The van der Waals surface area contributed by atoms with Gasteiger partial charge in [-0.25, -0.2) is 0 Å². The molecule has 1 aliphatic rings. The van der Waals surface area contributed by atoms with Crippen molar-refractivity contribution in [3.63, 3.8) is 0 Å². The zero-order valence-electron chi connectivity index (χ0n) is 15.2. The molecule has 5 heteroatoms.